The first-order valence-corrected chi connectivity index (χ1v) is 9.04. The van der Waals surface area contributed by atoms with Crippen LogP contribution in [0.15, 0.2) is 42.6 Å². The third-order valence-corrected chi connectivity index (χ3v) is 4.44. The number of amides is 1. The van der Waals surface area contributed by atoms with Crippen LogP contribution in [-0.4, -0.2) is 44.0 Å². The first-order valence-electron chi connectivity index (χ1n) is 9.04. The minimum Gasteiger partial charge on any atom is -0.357 e. The lowest BCUT2D eigenvalue weighted by atomic mass is 10.3. The van der Waals surface area contributed by atoms with Crippen LogP contribution >= 0.6 is 0 Å². The molecule has 0 saturated carbocycles. The molecule has 1 aromatic carbocycles. The molecular formula is C19H21N7O. The van der Waals surface area contributed by atoms with E-state index in [2.05, 4.69) is 30.4 Å². The van der Waals surface area contributed by atoms with E-state index in [4.69, 9.17) is 0 Å². The Balaban J connectivity index is 1.43. The van der Waals surface area contributed by atoms with Gasteiger partial charge in [0.15, 0.2) is 5.69 Å². The molecule has 4 rings (SSSR count). The Morgan fingerprint density at radius 1 is 1.15 bits per heavy atom. The van der Waals surface area contributed by atoms with Gasteiger partial charge in [-0.05, 0) is 31.9 Å². The Labute approximate surface area is 157 Å². The molecule has 8 nitrogen and oxygen atoms in total. The molecular weight excluding hydrogens is 342 g/mol. The van der Waals surface area contributed by atoms with Crippen molar-refractivity contribution in [3.8, 4) is 5.69 Å². The summed E-state index contributed by atoms with van der Waals surface area (Å²) < 4.78 is 0. The molecule has 1 aliphatic rings. The van der Waals surface area contributed by atoms with E-state index in [0.717, 1.165) is 30.3 Å². The van der Waals surface area contributed by atoms with Crippen molar-refractivity contribution in [2.24, 2.45) is 0 Å². The van der Waals surface area contributed by atoms with Crippen LogP contribution in [-0.2, 0) is 6.54 Å². The second-order valence-corrected chi connectivity index (χ2v) is 6.52. The molecule has 1 fully saturated rings. The molecule has 0 aliphatic carbocycles. The second kappa shape index (κ2) is 7.53. The predicted octanol–water partition coefficient (Wildman–Crippen LogP) is 1.90. The van der Waals surface area contributed by atoms with E-state index in [1.165, 1.54) is 23.8 Å². The van der Waals surface area contributed by atoms with Gasteiger partial charge in [0.25, 0.3) is 5.91 Å². The zero-order chi connectivity index (χ0) is 18.6. The fraction of sp³-hybridized carbons (Fsp3) is 0.316. The number of nitrogens with one attached hydrogen (secondary N) is 1. The van der Waals surface area contributed by atoms with Gasteiger partial charge in [-0.15, -0.1) is 5.10 Å². The maximum atomic E-state index is 12.4. The molecule has 27 heavy (non-hydrogen) atoms. The van der Waals surface area contributed by atoms with Crippen molar-refractivity contribution in [3.05, 3.63) is 59.8 Å². The minimum absolute atomic E-state index is 0.250. The van der Waals surface area contributed by atoms with Crippen molar-refractivity contribution in [1.82, 2.24) is 30.3 Å². The van der Waals surface area contributed by atoms with Gasteiger partial charge in [0.1, 0.15) is 11.6 Å². The molecule has 3 aromatic rings. The van der Waals surface area contributed by atoms with E-state index in [0.29, 0.717) is 5.82 Å². The molecule has 3 heterocycles. The topological polar surface area (TPSA) is 88.8 Å². The number of para-hydroxylation sites is 1. The molecule has 0 bridgehead atoms. The van der Waals surface area contributed by atoms with Gasteiger partial charge in [-0.2, -0.15) is 9.90 Å². The van der Waals surface area contributed by atoms with Gasteiger partial charge in [-0.3, -0.25) is 4.79 Å². The standard InChI is InChI=1S/C19H21N7O/c1-14-11-18(25-9-5-6-10-25)23-17(22-14)13-20-19(27)16-12-21-26(24-16)15-7-3-2-4-8-15/h2-4,7-8,11-12H,5-6,9-10,13H2,1H3,(H,20,27). The van der Waals surface area contributed by atoms with Crippen LogP contribution in [0.5, 0.6) is 0 Å². The van der Waals surface area contributed by atoms with Gasteiger partial charge >= 0.3 is 0 Å². The molecule has 0 radical (unpaired) electrons. The van der Waals surface area contributed by atoms with E-state index in [1.807, 2.05) is 43.3 Å². The highest BCUT2D eigenvalue weighted by Crippen LogP contribution is 2.18. The summed E-state index contributed by atoms with van der Waals surface area (Å²) >= 11 is 0. The molecule has 1 amide bonds. The summed E-state index contributed by atoms with van der Waals surface area (Å²) in [6.07, 6.45) is 3.83. The maximum absolute atomic E-state index is 12.4. The van der Waals surface area contributed by atoms with Crippen LogP contribution < -0.4 is 10.2 Å². The fourth-order valence-corrected chi connectivity index (χ4v) is 3.10. The van der Waals surface area contributed by atoms with Gasteiger partial charge in [0.2, 0.25) is 0 Å². The molecule has 2 aromatic heterocycles. The summed E-state index contributed by atoms with van der Waals surface area (Å²) in [5.74, 6) is 1.23. The van der Waals surface area contributed by atoms with Crippen LogP contribution in [0.2, 0.25) is 0 Å². The average Bonchev–Trinajstić information content (AvgIpc) is 3.38. The zero-order valence-corrected chi connectivity index (χ0v) is 15.2. The zero-order valence-electron chi connectivity index (χ0n) is 15.2. The predicted molar refractivity (Wildman–Crippen MR) is 101 cm³/mol. The number of aryl methyl sites for hydroxylation is 1. The smallest absolute Gasteiger partial charge is 0.273 e. The third kappa shape index (κ3) is 3.94. The summed E-state index contributed by atoms with van der Waals surface area (Å²) in [6, 6.07) is 11.4. The van der Waals surface area contributed by atoms with Crippen molar-refractivity contribution in [2.75, 3.05) is 18.0 Å². The van der Waals surface area contributed by atoms with Crippen LogP contribution in [0.4, 0.5) is 5.82 Å². The number of benzene rings is 1. The van der Waals surface area contributed by atoms with Gasteiger partial charge < -0.3 is 10.2 Å². The summed E-state index contributed by atoms with van der Waals surface area (Å²) in [7, 11) is 0. The second-order valence-electron chi connectivity index (χ2n) is 6.52. The normalized spacial score (nSPS) is 13.7. The van der Waals surface area contributed by atoms with Gasteiger partial charge in [0.05, 0.1) is 18.4 Å². The third-order valence-electron chi connectivity index (χ3n) is 4.44. The Kier molecular flexibility index (Phi) is 4.78. The van der Waals surface area contributed by atoms with Crippen molar-refractivity contribution in [3.63, 3.8) is 0 Å². The van der Waals surface area contributed by atoms with Crippen LogP contribution in [0, 0.1) is 6.92 Å². The first kappa shape index (κ1) is 17.1. The molecule has 138 valence electrons. The lowest BCUT2D eigenvalue weighted by Gasteiger charge is -2.17. The summed E-state index contributed by atoms with van der Waals surface area (Å²) in [6.45, 7) is 4.23. The molecule has 0 spiro atoms. The highest BCUT2D eigenvalue weighted by atomic mass is 16.2. The van der Waals surface area contributed by atoms with Crippen molar-refractivity contribution in [2.45, 2.75) is 26.3 Å². The number of carbonyl (C=O) groups is 1. The number of anilines is 1. The average molecular weight is 363 g/mol. The van der Waals surface area contributed by atoms with Crippen LogP contribution in [0.3, 0.4) is 0 Å². The lowest BCUT2D eigenvalue weighted by Crippen LogP contribution is -2.26. The van der Waals surface area contributed by atoms with Gasteiger partial charge in [-0.25, -0.2) is 9.97 Å². The van der Waals surface area contributed by atoms with E-state index in [1.54, 1.807) is 0 Å². The molecule has 1 saturated heterocycles. The van der Waals surface area contributed by atoms with E-state index < -0.39 is 0 Å². The molecule has 0 unspecified atom stereocenters. The molecule has 1 aliphatic heterocycles. The lowest BCUT2D eigenvalue weighted by molar-refractivity contribution is 0.0944. The van der Waals surface area contributed by atoms with Gasteiger partial charge in [-0.1, -0.05) is 18.2 Å². The quantitative estimate of drug-likeness (QED) is 0.745. The molecule has 8 heteroatoms. The summed E-state index contributed by atoms with van der Waals surface area (Å²) in [5.41, 5.74) is 1.95. The number of nitrogens with zero attached hydrogens (tertiary/aromatic N) is 6. The molecule has 1 N–H and O–H groups in total. The van der Waals surface area contributed by atoms with E-state index >= 15 is 0 Å². The number of aromatic nitrogens is 5. The number of hydrogen-bond acceptors (Lipinski definition) is 6. The van der Waals surface area contributed by atoms with Gasteiger partial charge in [0, 0.05) is 24.8 Å². The Morgan fingerprint density at radius 3 is 2.70 bits per heavy atom. The summed E-state index contributed by atoms with van der Waals surface area (Å²) in [5, 5.41) is 11.2. The number of carbonyl (C=O) groups excluding carboxylic acids is 1. The SMILES string of the molecule is Cc1cc(N2CCCC2)nc(CNC(=O)c2cnn(-c3ccccc3)n2)n1. The maximum Gasteiger partial charge on any atom is 0.273 e. The largest absolute Gasteiger partial charge is 0.357 e. The van der Waals surface area contributed by atoms with E-state index in [-0.39, 0.29) is 18.1 Å². The highest BCUT2D eigenvalue weighted by molar-refractivity contribution is 5.91. The highest BCUT2D eigenvalue weighted by Gasteiger charge is 2.16. The van der Waals surface area contributed by atoms with Crippen LogP contribution in [0.1, 0.15) is 34.8 Å². The minimum atomic E-state index is -0.301. The number of hydrogen-bond donors (Lipinski definition) is 1. The Bertz CT molecular complexity index is 932. The van der Waals surface area contributed by atoms with Crippen molar-refractivity contribution < 1.29 is 4.79 Å². The Morgan fingerprint density at radius 2 is 1.93 bits per heavy atom. The Hall–Kier alpha value is -3.29. The van der Waals surface area contributed by atoms with Crippen LogP contribution in [0.25, 0.3) is 5.69 Å². The first-order chi connectivity index (χ1) is 13.2. The fourth-order valence-electron chi connectivity index (χ4n) is 3.10. The van der Waals surface area contributed by atoms with Crippen molar-refractivity contribution in [1.29, 1.82) is 0 Å². The van der Waals surface area contributed by atoms with E-state index in [9.17, 15) is 4.79 Å². The molecule has 0 atom stereocenters. The van der Waals surface area contributed by atoms with Crippen molar-refractivity contribution >= 4 is 11.7 Å². The summed E-state index contributed by atoms with van der Waals surface area (Å²) in [4.78, 5) is 25.1. The number of rotatable bonds is 5. The monoisotopic (exact) mass is 363 g/mol.